The maximum absolute atomic E-state index is 13.1. The van der Waals surface area contributed by atoms with Crippen LogP contribution in [0, 0.1) is 0 Å². The molecule has 2 aliphatic rings. The number of hydrogen-bond acceptors (Lipinski definition) is 3. The van der Waals surface area contributed by atoms with Gasteiger partial charge in [-0.1, -0.05) is 33.1 Å². The van der Waals surface area contributed by atoms with E-state index in [9.17, 15) is 9.59 Å². The summed E-state index contributed by atoms with van der Waals surface area (Å²) in [5.74, 6) is 2.14. The van der Waals surface area contributed by atoms with E-state index in [2.05, 4.69) is 12.2 Å². The van der Waals surface area contributed by atoms with Crippen LogP contribution in [0.3, 0.4) is 0 Å². The summed E-state index contributed by atoms with van der Waals surface area (Å²) in [6, 6.07) is 0. The van der Waals surface area contributed by atoms with Crippen LogP contribution in [0.2, 0.25) is 0 Å². The lowest BCUT2D eigenvalue weighted by molar-refractivity contribution is -0.163. The van der Waals surface area contributed by atoms with Crippen LogP contribution in [-0.2, 0) is 9.59 Å². The van der Waals surface area contributed by atoms with E-state index in [0.717, 1.165) is 37.2 Å². The van der Waals surface area contributed by atoms with E-state index < -0.39 is 11.1 Å². The Kier molecular flexibility index (Phi) is 5.23. The van der Waals surface area contributed by atoms with Crippen molar-refractivity contribution in [3.8, 4) is 0 Å². The maximum Gasteiger partial charge on any atom is 0.249 e. The Bertz CT molecular complexity index is 407. The largest absolute Gasteiger partial charge is 0.340 e. The molecule has 0 aromatic heterocycles. The van der Waals surface area contributed by atoms with Crippen LogP contribution in [-0.4, -0.2) is 45.8 Å². The second-order valence-corrected chi connectivity index (χ2v) is 7.77. The number of piperazine rings is 1. The number of rotatable bonds is 5. The molecule has 1 saturated carbocycles. The molecule has 1 N–H and O–H groups in total. The number of nitrogens with zero attached hydrogens (tertiary/aromatic N) is 1. The van der Waals surface area contributed by atoms with Crippen molar-refractivity contribution < 1.29 is 9.59 Å². The number of thioether (sulfide) groups is 1. The molecular formula is C16H28N2O2S. The number of carbonyl (C=O) groups excluding carboxylic acids is 2. The molecule has 1 unspecified atom stereocenters. The van der Waals surface area contributed by atoms with Crippen LogP contribution in [0.25, 0.3) is 0 Å². The van der Waals surface area contributed by atoms with Crippen molar-refractivity contribution in [1.82, 2.24) is 10.2 Å². The third kappa shape index (κ3) is 2.94. The van der Waals surface area contributed by atoms with Gasteiger partial charge in [-0.05, 0) is 31.9 Å². The van der Waals surface area contributed by atoms with Gasteiger partial charge in [0.2, 0.25) is 11.8 Å². The van der Waals surface area contributed by atoms with E-state index >= 15 is 0 Å². The Labute approximate surface area is 132 Å². The summed E-state index contributed by atoms with van der Waals surface area (Å²) in [4.78, 5) is 27.7. The normalized spacial score (nSPS) is 28.8. The Morgan fingerprint density at radius 2 is 1.86 bits per heavy atom. The van der Waals surface area contributed by atoms with Gasteiger partial charge < -0.3 is 10.2 Å². The molecule has 21 heavy (non-hydrogen) atoms. The molecule has 1 saturated heterocycles. The predicted molar refractivity (Wildman–Crippen MR) is 87.4 cm³/mol. The zero-order valence-electron chi connectivity index (χ0n) is 13.5. The molecular weight excluding hydrogens is 284 g/mol. The Morgan fingerprint density at radius 3 is 2.43 bits per heavy atom. The molecule has 4 nitrogen and oxygen atoms in total. The first-order chi connectivity index (χ1) is 10.00. The number of hydrogen-bond donors (Lipinski definition) is 1. The Morgan fingerprint density at radius 1 is 1.19 bits per heavy atom. The Hall–Kier alpha value is -0.710. The van der Waals surface area contributed by atoms with Crippen molar-refractivity contribution in [2.75, 3.05) is 18.1 Å². The minimum atomic E-state index is -0.686. The van der Waals surface area contributed by atoms with Crippen LogP contribution in [0.5, 0.6) is 0 Å². The summed E-state index contributed by atoms with van der Waals surface area (Å²) in [6.45, 7) is 6.70. The van der Waals surface area contributed by atoms with Crippen LogP contribution >= 0.6 is 11.8 Å². The molecule has 1 atom stereocenters. The standard InChI is InChI=1S/C16H28N2O2S/c1-4-15(3)13(19)17-16(9-7-6-8-10-16)14(20)18(15)11-12-21-5-2/h4-12H2,1-3H3,(H,17,19). The van der Waals surface area contributed by atoms with Crippen LogP contribution in [0.4, 0.5) is 0 Å². The van der Waals surface area contributed by atoms with Gasteiger partial charge in [-0.3, -0.25) is 9.59 Å². The fourth-order valence-corrected chi connectivity index (χ4v) is 4.10. The van der Waals surface area contributed by atoms with Crippen LogP contribution in [0.1, 0.15) is 59.3 Å². The van der Waals surface area contributed by atoms with E-state index in [1.165, 1.54) is 6.42 Å². The molecule has 1 aliphatic heterocycles. The summed E-state index contributed by atoms with van der Waals surface area (Å²) in [5, 5.41) is 3.11. The zero-order chi connectivity index (χ0) is 15.5. The molecule has 2 amide bonds. The highest BCUT2D eigenvalue weighted by atomic mass is 32.2. The van der Waals surface area contributed by atoms with Gasteiger partial charge >= 0.3 is 0 Å². The lowest BCUT2D eigenvalue weighted by Gasteiger charge is -2.52. The van der Waals surface area contributed by atoms with Crippen LogP contribution in [0.15, 0.2) is 0 Å². The van der Waals surface area contributed by atoms with Gasteiger partial charge in [0.1, 0.15) is 11.1 Å². The summed E-state index contributed by atoms with van der Waals surface area (Å²) >= 11 is 1.83. The van der Waals surface area contributed by atoms with Crippen molar-refractivity contribution in [2.45, 2.75) is 70.4 Å². The fraction of sp³-hybridized carbons (Fsp3) is 0.875. The molecule has 0 radical (unpaired) electrons. The van der Waals surface area contributed by atoms with E-state index in [1.807, 2.05) is 30.5 Å². The molecule has 0 aromatic rings. The monoisotopic (exact) mass is 312 g/mol. The van der Waals surface area contributed by atoms with E-state index in [4.69, 9.17) is 0 Å². The highest BCUT2D eigenvalue weighted by Crippen LogP contribution is 2.37. The van der Waals surface area contributed by atoms with Gasteiger partial charge in [0.25, 0.3) is 0 Å². The maximum atomic E-state index is 13.1. The molecule has 0 bridgehead atoms. The van der Waals surface area contributed by atoms with Crippen LogP contribution < -0.4 is 5.32 Å². The molecule has 1 spiro atoms. The number of amides is 2. The van der Waals surface area contributed by atoms with Crippen molar-refractivity contribution >= 4 is 23.6 Å². The summed E-state index contributed by atoms with van der Waals surface area (Å²) in [5.41, 5.74) is -1.30. The average molecular weight is 312 g/mol. The van der Waals surface area contributed by atoms with Crippen molar-refractivity contribution in [1.29, 1.82) is 0 Å². The minimum Gasteiger partial charge on any atom is -0.340 e. The fourth-order valence-electron chi connectivity index (χ4n) is 3.50. The van der Waals surface area contributed by atoms with Crippen molar-refractivity contribution in [2.24, 2.45) is 0 Å². The molecule has 2 rings (SSSR count). The highest BCUT2D eigenvalue weighted by Gasteiger charge is 2.55. The van der Waals surface area contributed by atoms with Gasteiger partial charge in [-0.15, -0.1) is 0 Å². The average Bonchev–Trinajstić information content (AvgIpc) is 2.50. The van der Waals surface area contributed by atoms with Gasteiger partial charge in [0, 0.05) is 12.3 Å². The molecule has 1 aliphatic carbocycles. The minimum absolute atomic E-state index is 0.0352. The molecule has 2 fully saturated rings. The molecule has 1 heterocycles. The topological polar surface area (TPSA) is 49.4 Å². The first-order valence-corrected chi connectivity index (χ1v) is 9.38. The smallest absolute Gasteiger partial charge is 0.249 e. The van der Waals surface area contributed by atoms with E-state index in [1.54, 1.807) is 0 Å². The van der Waals surface area contributed by atoms with Gasteiger partial charge in [0.15, 0.2) is 0 Å². The van der Waals surface area contributed by atoms with Crippen molar-refractivity contribution in [3.05, 3.63) is 0 Å². The van der Waals surface area contributed by atoms with Gasteiger partial charge in [-0.25, -0.2) is 0 Å². The lowest BCUT2D eigenvalue weighted by Crippen LogP contribution is -2.75. The van der Waals surface area contributed by atoms with E-state index in [-0.39, 0.29) is 11.8 Å². The lowest BCUT2D eigenvalue weighted by atomic mass is 9.76. The third-order valence-corrected chi connectivity index (χ3v) is 6.03. The number of carbonyl (C=O) groups is 2. The van der Waals surface area contributed by atoms with Crippen molar-refractivity contribution in [3.63, 3.8) is 0 Å². The third-order valence-electron chi connectivity index (χ3n) is 5.15. The highest BCUT2D eigenvalue weighted by molar-refractivity contribution is 7.99. The first kappa shape index (κ1) is 16.7. The van der Waals surface area contributed by atoms with E-state index in [0.29, 0.717) is 13.0 Å². The summed E-state index contributed by atoms with van der Waals surface area (Å²) < 4.78 is 0. The predicted octanol–water partition coefficient (Wildman–Crippen LogP) is 2.57. The second-order valence-electron chi connectivity index (χ2n) is 6.38. The quantitative estimate of drug-likeness (QED) is 0.794. The Balaban J connectivity index is 2.25. The molecule has 120 valence electrons. The zero-order valence-corrected chi connectivity index (χ0v) is 14.4. The summed E-state index contributed by atoms with van der Waals surface area (Å²) in [6.07, 6.45) is 5.50. The van der Waals surface area contributed by atoms with Gasteiger partial charge in [-0.2, -0.15) is 11.8 Å². The first-order valence-electron chi connectivity index (χ1n) is 8.22. The summed E-state index contributed by atoms with van der Waals surface area (Å²) in [7, 11) is 0. The SMILES string of the molecule is CCSCCN1C(=O)C2(CCCCC2)NC(=O)C1(C)CC. The molecule has 0 aromatic carbocycles. The molecule has 5 heteroatoms. The van der Waals surface area contributed by atoms with Gasteiger partial charge in [0.05, 0.1) is 0 Å². The number of nitrogens with one attached hydrogen (secondary N) is 1. The second kappa shape index (κ2) is 6.59.